The van der Waals surface area contributed by atoms with Gasteiger partial charge in [-0.3, -0.25) is 9.59 Å². The predicted octanol–water partition coefficient (Wildman–Crippen LogP) is -0.693. The zero-order valence-electron chi connectivity index (χ0n) is 10.5. The first kappa shape index (κ1) is 14.7. The zero-order chi connectivity index (χ0) is 14.6. The molecule has 1 atom stereocenters. The molecule has 10 heteroatoms. The number of carboxylic acids is 1. The normalized spacial score (nSPS) is 17.6. The Morgan fingerprint density at radius 1 is 1.58 bits per heavy atom. The van der Waals surface area contributed by atoms with Gasteiger partial charge in [0.15, 0.2) is 6.04 Å². The van der Waals surface area contributed by atoms with Crippen molar-refractivity contribution in [2.24, 2.45) is 5.28 Å². The van der Waals surface area contributed by atoms with Crippen LogP contribution in [0.2, 0.25) is 0 Å². The molecule has 10 nitrogen and oxygen atoms in total. The Labute approximate surface area is 108 Å². The van der Waals surface area contributed by atoms with E-state index in [9.17, 15) is 19.6 Å². The van der Waals surface area contributed by atoms with Crippen LogP contribution in [0.1, 0.15) is 19.8 Å². The molecule has 1 rings (SSSR count). The molecule has 0 aromatic rings. The molecule has 1 heterocycles. The van der Waals surface area contributed by atoms with Crippen LogP contribution in [0.5, 0.6) is 0 Å². The number of hydrogen-bond acceptors (Lipinski definition) is 6. The summed E-state index contributed by atoms with van der Waals surface area (Å²) in [6, 6.07) is -1.10. The Balaban J connectivity index is 2.50. The van der Waals surface area contributed by atoms with Crippen molar-refractivity contribution in [1.82, 2.24) is 9.91 Å². The molecule has 0 unspecified atom stereocenters. The van der Waals surface area contributed by atoms with Crippen molar-refractivity contribution in [3.63, 3.8) is 0 Å². The van der Waals surface area contributed by atoms with Crippen LogP contribution in [0, 0.1) is 5.21 Å². The molecule has 0 radical (unpaired) electrons. The second-order valence-electron chi connectivity index (χ2n) is 3.90. The Bertz CT molecular complexity index is 407. The first-order valence-electron chi connectivity index (χ1n) is 5.43. The molecule has 1 saturated heterocycles. The highest BCUT2D eigenvalue weighted by Gasteiger charge is 2.29. The van der Waals surface area contributed by atoms with E-state index in [2.05, 4.69) is 10.1 Å². The number of carboxylic acid groups (broad SMARTS) is 1. The van der Waals surface area contributed by atoms with Gasteiger partial charge in [-0.1, -0.05) is 0 Å². The number of hydrogen-bond donors (Lipinski definition) is 1. The Morgan fingerprint density at radius 2 is 2.11 bits per heavy atom. The van der Waals surface area contributed by atoms with Crippen LogP contribution in [0.3, 0.4) is 0 Å². The van der Waals surface area contributed by atoms with Gasteiger partial charge in [0.25, 0.3) is 0 Å². The van der Waals surface area contributed by atoms with Crippen molar-refractivity contribution in [2.45, 2.75) is 25.8 Å². The molecule has 1 aliphatic heterocycles. The molecule has 0 aliphatic carbocycles. The van der Waals surface area contributed by atoms with E-state index >= 15 is 0 Å². The number of hydrazine groups is 1. The second kappa shape index (κ2) is 5.98. The van der Waals surface area contributed by atoms with Crippen LogP contribution >= 0.6 is 0 Å². The number of amides is 2. The largest absolute Gasteiger partial charge is 0.569 e. The third-order valence-electron chi connectivity index (χ3n) is 2.66. The highest BCUT2D eigenvalue weighted by Crippen LogP contribution is 2.11. The minimum Gasteiger partial charge on any atom is -0.569 e. The van der Waals surface area contributed by atoms with Crippen LogP contribution in [0.4, 0.5) is 0 Å². The molecule has 0 spiro atoms. The fraction of sp³-hybridized carbons (Fsp3) is 0.667. The average molecular weight is 274 g/mol. The van der Waals surface area contributed by atoms with E-state index in [0.717, 1.165) is 9.91 Å². The molecule has 0 saturated carbocycles. The Hall–Kier alpha value is -2.39. The van der Waals surface area contributed by atoms with Gasteiger partial charge >= 0.3 is 5.97 Å². The number of carbonyl (C=O) groups is 3. The molecule has 19 heavy (non-hydrogen) atoms. The standard InChI is InChI=1S/C9H14N4O6/c1-6(9(16)17)11(2)13(18)10-19-5-12-7(14)3-4-8(12)15/h6H,3-5H2,1-2H3,(H,16,17)/b13-10-/t6-/m0/s1. The second-order valence-corrected chi connectivity index (χ2v) is 3.90. The zero-order valence-corrected chi connectivity index (χ0v) is 10.5. The number of carbonyl (C=O) groups excluding carboxylic acids is 2. The number of nitrogens with zero attached hydrogens (tertiary/aromatic N) is 4. The Kier molecular flexibility index (Phi) is 4.62. The third-order valence-corrected chi connectivity index (χ3v) is 2.66. The van der Waals surface area contributed by atoms with Crippen molar-refractivity contribution in [3.8, 4) is 0 Å². The molecular formula is C9H14N4O6. The van der Waals surface area contributed by atoms with E-state index in [0.29, 0.717) is 0 Å². The Morgan fingerprint density at radius 3 is 2.58 bits per heavy atom. The number of aliphatic carboxylic acids is 1. The fourth-order valence-corrected chi connectivity index (χ4v) is 1.27. The number of imide groups is 1. The van der Waals surface area contributed by atoms with Gasteiger partial charge in [-0.05, 0) is 6.92 Å². The molecule has 0 bridgehead atoms. The van der Waals surface area contributed by atoms with Gasteiger partial charge in [-0.2, -0.15) is 0 Å². The van der Waals surface area contributed by atoms with Crippen molar-refractivity contribution >= 4 is 17.8 Å². The van der Waals surface area contributed by atoms with E-state index in [-0.39, 0.29) is 17.8 Å². The maximum atomic E-state index is 11.3. The topological polar surface area (TPSA) is 126 Å². The van der Waals surface area contributed by atoms with Crippen molar-refractivity contribution in [1.29, 1.82) is 0 Å². The van der Waals surface area contributed by atoms with E-state index in [1.54, 1.807) is 0 Å². The van der Waals surface area contributed by atoms with Gasteiger partial charge < -0.3 is 15.2 Å². The van der Waals surface area contributed by atoms with E-state index in [4.69, 9.17) is 5.11 Å². The first-order chi connectivity index (χ1) is 8.84. The van der Waals surface area contributed by atoms with Gasteiger partial charge in [0.1, 0.15) is 0 Å². The monoisotopic (exact) mass is 274 g/mol. The summed E-state index contributed by atoms with van der Waals surface area (Å²) < 4.78 is 0. The molecular weight excluding hydrogens is 260 g/mol. The lowest BCUT2D eigenvalue weighted by molar-refractivity contribution is -0.710. The summed E-state index contributed by atoms with van der Waals surface area (Å²) in [6.07, 6.45) is 0.221. The molecule has 1 aliphatic rings. The summed E-state index contributed by atoms with van der Waals surface area (Å²) in [5.41, 5.74) is 0. The molecule has 1 fully saturated rings. The van der Waals surface area contributed by atoms with E-state index in [1.807, 2.05) is 0 Å². The minimum atomic E-state index is -1.21. The molecule has 1 N–H and O–H groups in total. The van der Waals surface area contributed by atoms with Crippen LogP contribution < -0.4 is 0 Å². The fourth-order valence-electron chi connectivity index (χ4n) is 1.27. The van der Waals surface area contributed by atoms with Gasteiger partial charge in [0.2, 0.25) is 23.8 Å². The van der Waals surface area contributed by atoms with Crippen LogP contribution in [-0.2, 0) is 19.2 Å². The maximum Gasteiger partial charge on any atom is 0.331 e. The first-order valence-corrected chi connectivity index (χ1v) is 5.43. The lowest BCUT2D eigenvalue weighted by Crippen LogP contribution is -2.40. The minimum absolute atomic E-state index is 0.0657. The smallest absolute Gasteiger partial charge is 0.331 e. The van der Waals surface area contributed by atoms with Crippen molar-refractivity contribution in [2.75, 3.05) is 13.8 Å². The summed E-state index contributed by atoms with van der Waals surface area (Å²) in [6.45, 7) is 0.821. The maximum absolute atomic E-state index is 11.3. The highest BCUT2D eigenvalue weighted by molar-refractivity contribution is 6.01. The third kappa shape index (κ3) is 3.53. The SMILES string of the molecule is C[C@@H](C(=O)O)N(C)/[N+]([O-])=N/OCN1C(=O)CCC1=O. The summed E-state index contributed by atoms with van der Waals surface area (Å²) in [5.74, 6) is -2.00. The van der Waals surface area contributed by atoms with Gasteiger partial charge in [0.05, 0.1) is 12.0 Å². The van der Waals surface area contributed by atoms with Crippen LogP contribution in [0.15, 0.2) is 5.28 Å². The molecule has 2 amide bonds. The summed E-state index contributed by atoms with van der Waals surface area (Å²) in [5, 5.41) is 23.8. The van der Waals surface area contributed by atoms with E-state index in [1.165, 1.54) is 14.0 Å². The highest BCUT2D eigenvalue weighted by atomic mass is 16.7. The summed E-state index contributed by atoms with van der Waals surface area (Å²) in [7, 11) is 1.21. The molecule has 0 aromatic carbocycles. The summed E-state index contributed by atoms with van der Waals surface area (Å²) >= 11 is 0. The number of likely N-dealkylation sites (N-methyl/N-ethyl adjacent to an activating group) is 1. The molecule has 106 valence electrons. The number of likely N-dealkylation sites (tertiary alicyclic amines) is 1. The van der Waals surface area contributed by atoms with Crippen molar-refractivity contribution in [3.05, 3.63) is 5.21 Å². The lowest BCUT2D eigenvalue weighted by Gasteiger charge is -2.17. The van der Waals surface area contributed by atoms with Gasteiger partial charge in [0, 0.05) is 12.8 Å². The molecule has 0 aromatic heterocycles. The lowest BCUT2D eigenvalue weighted by atomic mass is 10.3. The quantitative estimate of drug-likeness (QED) is 0.294. The van der Waals surface area contributed by atoms with E-state index < -0.39 is 30.6 Å². The number of rotatable bonds is 6. The van der Waals surface area contributed by atoms with Crippen LogP contribution in [0.25, 0.3) is 0 Å². The van der Waals surface area contributed by atoms with Gasteiger partial charge in [-0.15, -0.1) is 5.01 Å². The summed E-state index contributed by atoms with van der Waals surface area (Å²) in [4.78, 5) is 38.3. The van der Waals surface area contributed by atoms with Gasteiger partial charge in [-0.25, -0.2) is 9.69 Å². The van der Waals surface area contributed by atoms with Crippen LogP contribution in [-0.4, -0.2) is 57.6 Å². The average Bonchev–Trinajstić information content (AvgIpc) is 2.68. The predicted molar refractivity (Wildman–Crippen MR) is 58.0 cm³/mol. The van der Waals surface area contributed by atoms with Crippen molar-refractivity contribution < 1.29 is 29.3 Å².